The highest BCUT2D eigenvalue weighted by atomic mass is 16.5. The van der Waals surface area contributed by atoms with Gasteiger partial charge in [-0.15, -0.1) is 0 Å². The van der Waals surface area contributed by atoms with Gasteiger partial charge in [0.1, 0.15) is 0 Å². The van der Waals surface area contributed by atoms with Crippen molar-refractivity contribution in [1.82, 2.24) is 0 Å². The van der Waals surface area contributed by atoms with Gasteiger partial charge in [-0.2, -0.15) is 0 Å². The van der Waals surface area contributed by atoms with Gasteiger partial charge in [-0.25, -0.2) is 0 Å². The van der Waals surface area contributed by atoms with Gasteiger partial charge in [0, 0.05) is 6.42 Å². The molecule has 0 spiro atoms. The van der Waals surface area contributed by atoms with Crippen molar-refractivity contribution in [2.75, 3.05) is 0 Å². The second-order valence-corrected chi connectivity index (χ2v) is 9.37. The van der Waals surface area contributed by atoms with Crippen LogP contribution in [0.1, 0.15) is 89.0 Å². The van der Waals surface area contributed by atoms with E-state index < -0.39 is 0 Å². The number of hydrogen-bond acceptors (Lipinski definition) is 2. The largest absolute Gasteiger partial charge is 0.370 e. The predicted octanol–water partition coefficient (Wildman–Crippen LogP) is 5.59. The van der Waals surface area contributed by atoms with Crippen molar-refractivity contribution in [3.05, 3.63) is 0 Å². The zero-order valence-corrected chi connectivity index (χ0v) is 15.8. The SMILES string of the molecule is CC(C)CC(C)(C)OC(C)(C)CC(C)(C)OC(C)(C)C. The predicted molar refractivity (Wildman–Crippen MR) is 88.2 cm³/mol. The highest BCUT2D eigenvalue weighted by Gasteiger charge is 2.37. The molecular weight excluding hydrogens is 248 g/mol. The number of rotatable bonds is 7. The Bertz CT molecular complexity index is 293. The fourth-order valence-corrected chi connectivity index (χ4v) is 3.70. The van der Waals surface area contributed by atoms with Crippen LogP contribution in [0.15, 0.2) is 0 Å². The molecule has 0 aromatic heterocycles. The molecule has 0 saturated carbocycles. The molecule has 0 N–H and O–H groups in total. The summed E-state index contributed by atoms with van der Waals surface area (Å²) in [5.74, 6) is 0.639. The van der Waals surface area contributed by atoms with Gasteiger partial charge in [-0.1, -0.05) is 13.8 Å². The Labute approximate surface area is 127 Å². The van der Waals surface area contributed by atoms with E-state index in [0.717, 1.165) is 12.8 Å². The van der Waals surface area contributed by atoms with Crippen LogP contribution < -0.4 is 0 Å². The maximum Gasteiger partial charge on any atom is 0.0661 e. The Morgan fingerprint density at radius 2 is 1.05 bits per heavy atom. The van der Waals surface area contributed by atoms with Crippen LogP contribution >= 0.6 is 0 Å². The van der Waals surface area contributed by atoms with E-state index in [4.69, 9.17) is 9.47 Å². The Morgan fingerprint density at radius 1 is 0.650 bits per heavy atom. The first-order valence-corrected chi connectivity index (χ1v) is 7.94. The smallest absolute Gasteiger partial charge is 0.0661 e. The minimum absolute atomic E-state index is 0.102. The van der Waals surface area contributed by atoms with E-state index in [9.17, 15) is 0 Å². The lowest BCUT2D eigenvalue weighted by Gasteiger charge is -2.43. The van der Waals surface area contributed by atoms with Gasteiger partial charge in [0.2, 0.25) is 0 Å². The fraction of sp³-hybridized carbons (Fsp3) is 1.00. The van der Waals surface area contributed by atoms with Gasteiger partial charge in [0.25, 0.3) is 0 Å². The monoisotopic (exact) mass is 286 g/mol. The molecule has 2 heteroatoms. The van der Waals surface area contributed by atoms with Crippen LogP contribution in [0, 0.1) is 5.92 Å². The first kappa shape index (κ1) is 19.9. The summed E-state index contributed by atoms with van der Waals surface area (Å²) in [5, 5.41) is 0. The summed E-state index contributed by atoms with van der Waals surface area (Å²) < 4.78 is 12.6. The van der Waals surface area contributed by atoms with Gasteiger partial charge in [-0.3, -0.25) is 0 Å². The zero-order chi connectivity index (χ0) is 16.4. The summed E-state index contributed by atoms with van der Waals surface area (Å²) >= 11 is 0. The number of ether oxygens (including phenoxy) is 2. The van der Waals surface area contributed by atoms with Crippen LogP contribution in [0.4, 0.5) is 0 Å². The lowest BCUT2D eigenvalue weighted by molar-refractivity contribution is -0.183. The van der Waals surface area contributed by atoms with Crippen LogP contribution in [0.3, 0.4) is 0 Å². The van der Waals surface area contributed by atoms with E-state index in [1.54, 1.807) is 0 Å². The summed E-state index contributed by atoms with van der Waals surface area (Å²) in [7, 11) is 0. The minimum Gasteiger partial charge on any atom is -0.370 e. The van der Waals surface area contributed by atoms with Crippen LogP contribution in [-0.4, -0.2) is 22.4 Å². The Kier molecular flexibility index (Phi) is 6.33. The van der Waals surface area contributed by atoms with Crippen LogP contribution in [-0.2, 0) is 9.47 Å². The molecule has 0 aliphatic heterocycles. The summed E-state index contributed by atoms with van der Waals surface area (Å²) in [6.07, 6.45) is 1.94. The minimum atomic E-state index is -0.201. The molecule has 0 aromatic carbocycles. The molecule has 0 atom stereocenters. The molecule has 0 amide bonds. The lowest BCUT2D eigenvalue weighted by Crippen LogP contribution is -2.45. The van der Waals surface area contributed by atoms with E-state index in [0.29, 0.717) is 5.92 Å². The first-order chi connectivity index (χ1) is 8.54. The molecule has 0 heterocycles. The van der Waals surface area contributed by atoms with Crippen molar-refractivity contribution in [3.63, 3.8) is 0 Å². The van der Waals surface area contributed by atoms with E-state index >= 15 is 0 Å². The van der Waals surface area contributed by atoms with Crippen molar-refractivity contribution in [3.8, 4) is 0 Å². The maximum atomic E-state index is 6.41. The molecule has 0 aliphatic rings. The Hall–Kier alpha value is -0.0800. The quantitative estimate of drug-likeness (QED) is 0.607. The highest BCUT2D eigenvalue weighted by molar-refractivity contribution is 4.86. The van der Waals surface area contributed by atoms with Crippen LogP contribution in [0.2, 0.25) is 0 Å². The van der Waals surface area contributed by atoms with E-state index in [-0.39, 0.29) is 22.4 Å². The van der Waals surface area contributed by atoms with Crippen molar-refractivity contribution in [2.45, 2.75) is 111 Å². The van der Waals surface area contributed by atoms with Gasteiger partial charge < -0.3 is 9.47 Å². The molecular formula is C18H38O2. The summed E-state index contributed by atoms with van der Waals surface area (Å²) in [6.45, 7) is 23.8. The molecule has 0 unspecified atom stereocenters. The molecule has 0 fully saturated rings. The van der Waals surface area contributed by atoms with Gasteiger partial charge in [0.05, 0.1) is 22.4 Å². The average Bonchev–Trinajstić information content (AvgIpc) is 1.86. The average molecular weight is 286 g/mol. The molecule has 0 bridgehead atoms. The molecule has 2 nitrogen and oxygen atoms in total. The molecule has 20 heavy (non-hydrogen) atoms. The molecule has 0 aliphatic carbocycles. The fourth-order valence-electron chi connectivity index (χ4n) is 3.70. The summed E-state index contributed by atoms with van der Waals surface area (Å²) in [6, 6.07) is 0. The van der Waals surface area contributed by atoms with E-state index in [1.807, 2.05) is 0 Å². The molecule has 0 radical (unpaired) electrons. The Balaban J connectivity index is 4.73. The molecule has 0 saturated heterocycles. The van der Waals surface area contributed by atoms with E-state index in [2.05, 4.69) is 76.2 Å². The van der Waals surface area contributed by atoms with Gasteiger partial charge in [0.15, 0.2) is 0 Å². The molecule has 122 valence electrons. The third kappa shape index (κ3) is 9.77. The normalized spacial score (nSPS) is 15.0. The Morgan fingerprint density at radius 3 is 1.40 bits per heavy atom. The van der Waals surface area contributed by atoms with Crippen molar-refractivity contribution >= 4 is 0 Å². The molecule has 0 rings (SSSR count). The third-order valence-electron chi connectivity index (χ3n) is 2.89. The van der Waals surface area contributed by atoms with Crippen LogP contribution in [0.5, 0.6) is 0 Å². The lowest BCUT2D eigenvalue weighted by atomic mass is 9.89. The standard InChI is InChI=1S/C18H38O2/c1-14(2)12-16(6,7)20-18(10,11)13-17(8,9)19-15(3,4)5/h14H,12-13H2,1-11H3. The van der Waals surface area contributed by atoms with Gasteiger partial charge in [-0.05, 0) is 74.7 Å². The van der Waals surface area contributed by atoms with Gasteiger partial charge >= 0.3 is 0 Å². The van der Waals surface area contributed by atoms with Crippen molar-refractivity contribution in [1.29, 1.82) is 0 Å². The second kappa shape index (κ2) is 6.36. The maximum absolute atomic E-state index is 6.41. The second-order valence-electron chi connectivity index (χ2n) is 9.37. The number of hydrogen-bond donors (Lipinski definition) is 0. The molecule has 0 aromatic rings. The highest BCUT2D eigenvalue weighted by Crippen LogP contribution is 2.34. The zero-order valence-electron chi connectivity index (χ0n) is 15.8. The summed E-state index contributed by atoms with van der Waals surface area (Å²) in [5.41, 5.74) is -0.634. The first-order valence-electron chi connectivity index (χ1n) is 7.94. The topological polar surface area (TPSA) is 18.5 Å². The summed E-state index contributed by atoms with van der Waals surface area (Å²) in [4.78, 5) is 0. The van der Waals surface area contributed by atoms with E-state index in [1.165, 1.54) is 0 Å². The van der Waals surface area contributed by atoms with Crippen molar-refractivity contribution < 1.29 is 9.47 Å². The van der Waals surface area contributed by atoms with Crippen molar-refractivity contribution in [2.24, 2.45) is 5.92 Å². The third-order valence-corrected chi connectivity index (χ3v) is 2.89. The van der Waals surface area contributed by atoms with Crippen LogP contribution in [0.25, 0.3) is 0 Å².